The first-order valence-electron chi connectivity index (χ1n) is 11.2. The fourth-order valence-electron chi connectivity index (χ4n) is 3.25. The minimum Gasteiger partial charge on any atom is -0.377 e. The van der Waals surface area contributed by atoms with E-state index in [1.165, 1.54) is 0 Å². The average molecular weight is 433 g/mol. The first-order chi connectivity index (χ1) is 14.0. The number of carbonyl (C=O) groups is 2. The van der Waals surface area contributed by atoms with E-state index < -0.39 is 0 Å². The largest absolute Gasteiger partial charge is 0.377 e. The maximum atomic E-state index is 13.1. The predicted octanol–water partition coefficient (Wildman–Crippen LogP) is 5.48. The van der Waals surface area contributed by atoms with Crippen molar-refractivity contribution in [3.05, 3.63) is 23.8 Å². The van der Waals surface area contributed by atoms with Crippen LogP contribution in [-0.2, 0) is 11.3 Å². The summed E-state index contributed by atoms with van der Waals surface area (Å²) in [5.41, 5.74) is 2.38. The highest BCUT2D eigenvalue weighted by atomic mass is 16.2. The summed E-state index contributed by atoms with van der Waals surface area (Å²) in [6.45, 7) is 18.9. The number of amides is 3. The fraction of sp³-hybridized carbons (Fsp3) is 0.680. The summed E-state index contributed by atoms with van der Waals surface area (Å²) < 4.78 is 0. The highest BCUT2D eigenvalue weighted by Gasteiger charge is 2.27. The van der Waals surface area contributed by atoms with Crippen LogP contribution >= 0.6 is 0 Å². The van der Waals surface area contributed by atoms with Crippen molar-refractivity contribution in [2.24, 2.45) is 11.3 Å². The third-order valence-electron chi connectivity index (χ3n) is 5.08. The SMILES string of the molecule is CC(C)[C@H](C)N(Cc1cc(NC(=O)CC(C)(C)C)ccc1N(C)C)C(=O)NC(C)(C)C. The van der Waals surface area contributed by atoms with Gasteiger partial charge in [-0.05, 0) is 62.8 Å². The molecule has 0 aliphatic heterocycles. The summed E-state index contributed by atoms with van der Waals surface area (Å²) in [4.78, 5) is 29.5. The van der Waals surface area contributed by atoms with E-state index in [4.69, 9.17) is 0 Å². The molecule has 0 aliphatic rings. The summed E-state index contributed by atoms with van der Waals surface area (Å²) in [6.07, 6.45) is 0.447. The summed E-state index contributed by atoms with van der Waals surface area (Å²) in [5, 5.41) is 6.12. The van der Waals surface area contributed by atoms with Crippen LogP contribution in [0.1, 0.15) is 74.3 Å². The van der Waals surface area contributed by atoms with Crippen LogP contribution < -0.4 is 15.5 Å². The minimum absolute atomic E-state index is 0.00562. The van der Waals surface area contributed by atoms with Crippen LogP contribution in [0, 0.1) is 11.3 Å². The molecule has 0 unspecified atom stereocenters. The van der Waals surface area contributed by atoms with Crippen molar-refractivity contribution < 1.29 is 9.59 Å². The van der Waals surface area contributed by atoms with Crippen LogP contribution in [0.4, 0.5) is 16.2 Å². The van der Waals surface area contributed by atoms with Crippen LogP contribution in [0.5, 0.6) is 0 Å². The van der Waals surface area contributed by atoms with Crippen molar-refractivity contribution in [1.82, 2.24) is 10.2 Å². The van der Waals surface area contributed by atoms with E-state index in [0.717, 1.165) is 16.9 Å². The Balaban J connectivity index is 3.27. The molecule has 0 aliphatic carbocycles. The van der Waals surface area contributed by atoms with Gasteiger partial charge in [-0.2, -0.15) is 0 Å². The molecule has 6 nitrogen and oxygen atoms in total. The van der Waals surface area contributed by atoms with Crippen molar-refractivity contribution in [2.45, 2.75) is 86.9 Å². The molecule has 0 aromatic heterocycles. The molecular weight excluding hydrogens is 388 g/mol. The topological polar surface area (TPSA) is 64.7 Å². The Labute approximate surface area is 189 Å². The molecule has 176 valence electrons. The first-order valence-corrected chi connectivity index (χ1v) is 11.2. The Morgan fingerprint density at radius 3 is 2.03 bits per heavy atom. The maximum absolute atomic E-state index is 13.1. The number of rotatable bonds is 7. The van der Waals surface area contributed by atoms with Gasteiger partial charge in [-0.3, -0.25) is 4.79 Å². The Morgan fingerprint density at radius 2 is 1.58 bits per heavy atom. The van der Waals surface area contributed by atoms with E-state index in [2.05, 4.69) is 31.4 Å². The second-order valence-corrected chi connectivity index (χ2v) is 11.3. The fourth-order valence-corrected chi connectivity index (χ4v) is 3.25. The quantitative estimate of drug-likeness (QED) is 0.599. The standard InChI is InChI=1S/C25H44N4O2/c1-17(2)18(3)29(23(31)27-25(7,8)9)16-19-14-20(12-13-21(19)28(10)11)26-22(30)15-24(4,5)6/h12-14,17-18H,15-16H2,1-11H3,(H,26,30)(H,27,31)/t18-/m0/s1. The molecule has 31 heavy (non-hydrogen) atoms. The molecule has 2 N–H and O–H groups in total. The van der Waals surface area contributed by atoms with Gasteiger partial charge in [0, 0.05) is 50.0 Å². The molecule has 1 rings (SSSR count). The smallest absolute Gasteiger partial charge is 0.318 e. The van der Waals surface area contributed by atoms with Crippen molar-refractivity contribution >= 4 is 23.3 Å². The Bertz CT molecular complexity index is 758. The summed E-state index contributed by atoms with van der Waals surface area (Å²) >= 11 is 0. The summed E-state index contributed by atoms with van der Waals surface area (Å²) in [7, 11) is 3.98. The van der Waals surface area contributed by atoms with Gasteiger partial charge >= 0.3 is 6.03 Å². The molecule has 0 radical (unpaired) electrons. The second kappa shape index (κ2) is 10.4. The molecule has 0 saturated carbocycles. The molecule has 6 heteroatoms. The van der Waals surface area contributed by atoms with Gasteiger partial charge in [-0.1, -0.05) is 34.6 Å². The lowest BCUT2D eigenvalue weighted by Gasteiger charge is -2.35. The number of nitrogens with one attached hydrogen (secondary N) is 2. The van der Waals surface area contributed by atoms with Gasteiger partial charge in [0.05, 0.1) is 0 Å². The molecular formula is C25H44N4O2. The minimum atomic E-state index is -0.320. The van der Waals surface area contributed by atoms with E-state index >= 15 is 0 Å². The predicted molar refractivity (Wildman–Crippen MR) is 132 cm³/mol. The number of carbonyl (C=O) groups excluding carboxylic acids is 2. The van der Waals surface area contributed by atoms with Crippen LogP contribution in [0.25, 0.3) is 0 Å². The highest BCUT2D eigenvalue weighted by Crippen LogP contribution is 2.27. The van der Waals surface area contributed by atoms with E-state index in [-0.39, 0.29) is 28.9 Å². The van der Waals surface area contributed by atoms with Gasteiger partial charge < -0.3 is 20.4 Å². The maximum Gasteiger partial charge on any atom is 0.318 e. The van der Waals surface area contributed by atoms with Crippen molar-refractivity contribution in [3.8, 4) is 0 Å². The Morgan fingerprint density at radius 1 is 1.00 bits per heavy atom. The van der Waals surface area contributed by atoms with Gasteiger partial charge in [-0.15, -0.1) is 0 Å². The third-order valence-corrected chi connectivity index (χ3v) is 5.08. The second-order valence-electron chi connectivity index (χ2n) is 11.3. The van der Waals surface area contributed by atoms with E-state index in [9.17, 15) is 9.59 Å². The number of hydrogen-bond donors (Lipinski definition) is 2. The molecule has 0 heterocycles. The van der Waals surface area contributed by atoms with Crippen molar-refractivity contribution in [3.63, 3.8) is 0 Å². The third kappa shape index (κ3) is 9.19. The molecule has 0 saturated heterocycles. The lowest BCUT2D eigenvalue weighted by Crippen LogP contribution is -2.52. The van der Waals surface area contributed by atoms with Crippen LogP contribution in [-0.4, -0.2) is 42.5 Å². The van der Waals surface area contributed by atoms with Gasteiger partial charge in [0.25, 0.3) is 0 Å². The van der Waals surface area contributed by atoms with E-state index in [0.29, 0.717) is 18.9 Å². The van der Waals surface area contributed by atoms with Gasteiger partial charge in [0.1, 0.15) is 0 Å². The van der Waals surface area contributed by atoms with Crippen molar-refractivity contribution in [2.75, 3.05) is 24.3 Å². The van der Waals surface area contributed by atoms with Gasteiger partial charge in [0.15, 0.2) is 0 Å². The lowest BCUT2D eigenvalue weighted by atomic mass is 9.92. The molecule has 0 fully saturated rings. The average Bonchev–Trinajstić information content (AvgIpc) is 2.55. The van der Waals surface area contributed by atoms with Crippen LogP contribution in [0.2, 0.25) is 0 Å². The van der Waals surface area contributed by atoms with Crippen LogP contribution in [0.3, 0.4) is 0 Å². The number of nitrogens with zero attached hydrogens (tertiary/aromatic N) is 2. The summed E-state index contributed by atoms with van der Waals surface area (Å²) in [5.74, 6) is 0.303. The van der Waals surface area contributed by atoms with Gasteiger partial charge in [0.2, 0.25) is 5.91 Å². The number of hydrogen-bond acceptors (Lipinski definition) is 3. The monoisotopic (exact) mass is 432 g/mol. The molecule has 3 amide bonds. The zero-order valence-electron chi connectivity index (χ0n) is 21.5. The number of urea groups is 1. The molecule has 1 aromatic carbocycles. The normalized spacial score (nSPS) is 13.0. The molecule has 0 bridgehead atoms. The van der Waals surface area contributed by atoms with E-state index in [1.54, 1.807) is 0 Å². The zero-order valence-corrected chi connectivity index (χ0v) is 21.5. The lowest BCUT2D eigenvalue weighted by molar-refractivity contribution is -0.117. The van der Waals surface area contributed by atoms with Crippen molar-refractivity contribution in [1.29, 1.82) is 0 Å². The van der Waals surface area contributed by atoms with Crippen LogP contribution in [0.15, 0.2) is 18.2 Å². The molecule has 0 spiro atoms. The number of anilines is 2. The van der Waals surface area contributed by atoms with E-state index in [1.807, 2.05) is 83.6 Å². The molecule has 1 aromatic rings. The van der Waals surface area contributed by atoms with Gasteiger partial charge in [-0.25, -0.2) is 4.79 Å². The Kier molecular flexibility index (Phi) is 8.97. The first kappa shape index (κ1) is 26.8. The summed E-state index contributed by atoms with van der Waals surface area (Å²) in [6, 6.07) is 5.88. The molecule has 1 atom stereocenters. The zero-order chi connectivity index (χ0) is 24.1. The highest BCUT2D eigenvalue weighted by molar-refractivity contribution is 5.91. The Hall–Kier alpha value is -2.24. The number of benzene rings is 1.